The van der Waals surface area contributed by atoms with E-state index in [-0.39, 0.29) is 23.0 Å². The fourth-order valence-electron chi connectivity index (χ4n) is 6.91. The Labute approximate surface area is 241 Å². The maximum absolute atomic E-state index is 15.0. The molecule has 1 amide bonds. The molecule has 3 aromatic carbocycles. The first-order valence-corrected chi connectivity index (χ1v) is 14.2. The van der Waals surface area contributed by atoms with Crippen LogP contribution in [-0.4, -0.2) is 42.6 Å². The smallest absolute Gasteiger partial charge is 0.238 e. The van der Waals surface area contributed by atoms with Crippen LogP contribution in [0.1, 0.15) is 42.8 Å². The van der Waals surface area contributed by atoms with Crippen molar-refractivity contribution in [2.45, 2.75) is 17.5 Å². The molecule has 7 nitrogen and oxygen atoms in total. The van der Waals surface area contributed by atoms with Gasteiger partial charge in [0.05, 0.1) is 36.6 Å². The molecular weight excluding hydrogens is 536 g/mol. The second-order valence-corrected chi connectivity index (χ2v) is 11.3. The van der Waals surface area contributed by atoms with Crippen molar-refractivity contribution in [3.05, 3.63) is 118 Å². The molecule has 1 fully saturated rings. The zero-order valence-corrected chi connectivity index (χ0v) is 23.2. The lowest BCUT2D eigenvalue weighted by atomic mass is 9.62. The topological polar surface area (TPSA) is 84.9 Å². The Bertz CT molecular complexity index is 1750. The summed E-state index contributed by atoms with van der Waals surface area (Å²) in [5, 5.41) is 4.91. The van der Waals surface area contributed by atoms with Crippen LogP contribution in [-0.2, 0) is 10.2 Å². The lowest BCUT2D eigenvalue weighted by Gasteiger charge is -2.38. The quantitative estimate of drug-likeness (QED) is 0.302. The van der Waals surface area contributed by atoms with Crippen LogP contribution < -0.4 is 14.8 Å². The molecule has 41 heavy (non-hydrogen) atoms. The lowest BCUT2D eigenvalue weighted by molar-refractivity contribution is -0.122. The minimum Gasteiger partial charge on any atom is -0.497 e. The van der Waals surface area contributed by atoms with E-state index in [4.69, 9.17) is 9.47 Å². The van der Waals surface area contributed by atoms with Gasteiger partial charge >= 0.3 is 0 Å². The SMILES string of the molecule is COc1ccc(OC)c(C(=O)[C@H]2[C@H](C(=O)c3cccs3)N3C=Cc4ccccc4[C@@H]3[C@]23C(=O)Nc2ccccc23)c1. The largest absolute Gasteiger partial charge is 0.497 e. The van der Waals surface area contributed by atoms with Gasteiger partial charge in [0.1, 0.15) is 23.0 Å². The number of hydrogen-bond acceptors (Lipinski definition) is 7. The highest BCUT2D eigenvalue weighted by Crippen LogP contribution is 2.62. The summed E-state index contributed by atoms with van der Waals surface area (Å²) in [4.78, 5) is 46.5. The van der Waals surface area contributed by atoms with Crippen LogP contribution in [0.2, 0.25) is 0 Å². The van der Waals surface area contributed by atoms with Gasteiger partial charge in [-0.3, -0.25) is 14.4 Å². The number of benzene rings is 3. The molecule has 1 N–H and O–H groups in total. The summed E-state index contributed by atoms with van der Waals surface area (Å²) in [6.07, 6.45) is 3.82. The maximum Gasteiger partial charge on any atom is 0.238 e. The first-order valence-electron chi connectivity index (χ1n) is 13.3. The molecular formula is C33H26N2O5S. The van der Waals surface area contributed by atoms with Crippen molar-refractivity contribution in [1.29, 1.82) is 0 Å². The molecule has 4 heterocycles. The molecule has 3 aliphatic rings. The number of anilines is 1. The van der Waals surface area contributed by atoms with Gasteiger partial charge in [-0.2, -0.15) is 0 Å². The first kappa shape index (κ1) is 25.3. The van der Waals surface area contributed by atoms with Gasteiger partial charge in [-0.25, -0.2) is 0 Å². The van der Waals surface area contributed by atoms with Gasteiger partial charge < -0.3 is 19.7 Å². The van der Waals surface area contributed by atoms with Crippen LogP contribution in [0.15, 0.2) is 90.4 Å². The molecule has 7 rings (SSSR count). The van der Waals surface area contributed by atoms with E-state index in [1.54, 1.807) is 24.3 Å². The number of nitrogens with one attached hydrogen (secondary N) is 1. The second kappa shape index (κ2) is 9.45. The number of para-hydroxylation sites is 1. The number of carbonyl (C=O) groups excluding carboxylic acids is 3. The van der Waals surface area contributed by atoms with Gasteiger partial charge in [0.15, 0.2) is 11.6 Å². The zero-order valence-electron chi connectivity index (χ0n) is 22.4. The number of Topliss-reactive ketones (excluding diaryl/α,β-unsaturated/α-hetero) is 2. The summed E-state index contributed by atoms with van der Waals surface area (Å²) in [5.74, 6) is -1.13. The number of rotatable bonds is 6. The number of hydrogen-bond donors (Lipinski definition) is 1. The van der Waals surface area contributed by atoms with Gasteiger partial charge in [0.2, 0.25) is 5.91 Å². The van der Waals surface area contributed by atoms with Crippen molar-refractivity contribution < 1.29 is 23.9 Å². The first-order chi connectivity index (χ1) is 20.0. The third-order valence-electron chi connectivity index (χ3n) is 8.56. The Morgan fingerprint density at radius 1 is 0.927 bits per heavy atom. The molecule has 4 aromatic rings. The summed E-state index contributed by atoms with van der Waals surface area (Å²) >= 11 is 1.33. The molecule has 8 heteroatoms. The molecule has 0 bridgehead atoms. The number of ketones is 2. The predicted molar refractivity (Wildman–Crippen MR) is 157 cm³/mol. The highest BCUT2D eigenvalue weighted by atomic mass is 32.1. The maximum atomic E-state index is 15.0. The molecule has 0 aliphatic carbocycles. The average Bonchev–Trinajstić information content (AvgIpc) is 3.73. The molecule has 1 aromatic heterocycles. The Kier molecular flexibility index (Phi) is 5.83. The van der Waals surface area contributed by atoms with E-state index in [0.717, 1.165) is 11.1 Å². The molecule has 204 valence electrons. The Hall–Kier alpha value is -4.69. The fraction of sp³-hybridized carbons (Fsp3) is 0.182. The Morgan fingerprint density at radius 3 is 2.51 bits per heavy atom. The van der Waals surface area contributed by atoms with Crippen molar-refractivity contribution in [1.82, 2.24) is 4.90 Å². The number of amides is 1. The molecule has 0 saturated carbocycles. The van der Waals surface area contributed by atoms with Gasteiger partial charge in [-0.05, 0) is 58.5 Å². The number of fused-ring (bicyclic) bond motifs is 6. The molecule has 0 radical (unpaired) electrons. The normalized spacial score (nSPS) is 23.5. The van der Waals surface area contributed by atoms with Crippen molar-refractivity contribution in [3.63, 3.8) is 0 Å². The predicted octanol–water partition coefficient (Wildman–Crippen LogP) is 5.75. The van der Waals surface area contributed by atoms with E-state index in [9.17, 15) is 9.59 Å². The molecule has 4 atom stereocenters. The fourth-order valence-corrected chi connectivity index (χ4v) is 7.60. The van der Waals surface area contributed by atoms with Crippen molar-refractivity contribution in [3.8, 4) is 11.5 Å². The van der Waals surface area contributed by atoms with E-state index in [2.05, 4.69) is 5.32 Å². The van der Waals surface area contributed by atoms with Gasteiger partial charge in [0, 0.05) is 11.9 Å². The Morgan fingerprint density at radius 2 is 1.73 bits per heavy atom. The second-order valence-electron chi connectivity index (χ2n) is 10.4. The third kappa shape index (κ3) is 3.47. The van der Waals surface area contributed by atoms with Crippen LogP contribution in [0.5, 0.6) is 11.5 Å². The summed E-state index contributed by atoms with van der Waals surface area (Å²) in [6, 6.07) is 22.4. The number of carbonyl (C=O) groups is 3. The van der Waals surface area contributed by atoms with Crippen LogP contribution >= 0.6 is 11.3 Å². The van der Waals surface area contributed by atoms with Gasteiger partial charge in [0.25, 0.3) is 0 Å². The minimum absolute atomic E-state index is 0.205. The highest BCUT2D eigenvalue weighted by molar-refractivity contribution is 7.12. The summed E-state index contributed by atoms with van der Waals surface area (Å²) < 4.78 is 11.1. The number of ether oxygens (including phenoxy) is 2. The van der Waals surface area contributed by atoms with Gasteiger partial charge in [-0.15, -0.1) is 11.3 Å². The average molecular weight is 563 g/mol. The monoisotopic (exact) mass is 562 g/mol. The van der Waals surface area contributed by atoms with Crippen molar-refractivity contribution in [2.24, 2.45) is 5.92 Å². The third-order valence-corrected chi connectivity index (χ3v) is 9.44. The van der Waals surface area contributed by atoms with Crippen molar-refractivity contribution >= 4 is 40.6 Å². The van der Waals surface area contributed by atoms with Crippen LogP contribution in [0, 0.1) is 5.92 Å². The molecule has 1 spiro atoms. The van der Waals surface area contributed by atoms with E-state index >= 15 is 4.79 Å². The highest BCUT2D eigenvalue weighted by Gasteiger charge is 2.71. The van der Waals surface area contributed by atoms with Crippen molar-refractivity contribution in [2.75, 3.05) is 19.5 Å². The molecule has 1 saturated heterocycles. The summed E-state index contributed by atoms with van der Waals surface area (Å²) in [6.45, 7) is 0. The lowest BCUT2D eigenvalue weighted by Crippen LogP contribution is -2.49. The van der Waals surface area contributed by atoms with E-state index in [1.165, 1.54) is 25.6 Å². The minimum atomic E-state index is -1.40. The zero-order chi connectivity index (χ0) is 28.3. The number of thiophene rings is 1. The van der Waals surface area contributed by atoms with E-state index in [0.29, 0.717) is 27.6 Å². The number of methoxy groups -OCH3 is 2. The van der Waals surface area contributed by atoms with E-state index < -0.39 is 23.4 Å². The number of nitrogens with zero attached hydrogens (tertiary/aromatic N) is 1. The van der Waals surface area contributed by atoms with E-state index in [1.807, 2.05) is 77.2 Å². The van der Waals surface area contributed by atoms with Crippen LogP contribution in [0.4, 0.5) is 5.69 Å². The van der Waals surface area contributed by atoms with Gasteiger partial charge in [-0.1, -0.05) is 48.5 Å². The van der Waals surface area contributed by atoms with Crippen LogP contribution in [0.3, 0.4) is 0 Å². The van der Waals surface area contributed by atoms with Crippen LogP contribution in [0.25, 0.3) is 6.08 Å². The summed E-state index contributed by atoms with van der Waals surface area (Å²) in [5.41, 5.74) is 2.03. The molecule has 3 aliphatic heterocycles. The Balaban J connectivity index is 1.56. The molecule has 0 unspecified atom stereocenters. The standard InChI is InChI=1S/C33H26N2O5S/c1-39-20-13-14-25(40-2)22(18-20)29(36)27-28(30(37)26-12-7-17-41-26)35-16-15-19-8-3-4-9-21(19)31(35)33(27)23-10-5-6-11-24(23)34-32(33)38/h3-18,27-28,31H,1-2H3,(H,34,38)/t27-,28-,31-,33-/m1/s1. The summed E-state index contributed by atoms with van der Waals surface area (Å²) in [7, 11) is 3.02.